The van der Waals surface area contributed by atoms with Gasteiger partial charge >= 0.3 is 0 Å². The van der Waals surface area contributed by atoms with Crippen molar-refractivity contribution in [2.24, 2.45) is 5.92 Å². The third-order valence-electron chi connectivity index (χ3n) is 1.88. The molecule has 0 saturated heterocycles. The third-order valence-corrected chi connectivity index (χ3v) is 1.88. The van der Waals surface area contributed by atoms with E-state index in [9.17, 15) is 4.79 Å². The Morgan fingerprint density at radius 3 is 2.73 bits per heavy atom. The monoisotopic (exact) mass is 208 g/mol. The van der Waals surface area contributed by atoms with E-state index >= 15 is 0 Å². The van der Waals surface area contributed by atoms with Gasteiger partial charge in [-0.15, -0.1) is 0 Å². The van der Waals surface area contributed by atoms with Gasteiger partial charge in [-0.05, 0) is 18.1 Å². The van der Waals surface area contributed by atoms with E-state index in [4.69, 9.17) is 4.74 Å². The van der Waals surface area contributed by atoms with Gasteiger partial charge in [0.2, 0.25) is 0 Å². The number of ether oxygens (including phenoxy) is 1. The Balaban J connectivity index is 2.58. The largest absolute Gasteiger partial charge is 0.495 e. The van der Waals surface area contributed by atoms with Crippen LogP contribution in [0.4, 0.5) is 0 Å². The molecule has 0 saturated carbocycles. The van der Waals surface area contributed by atoms with Crippen molar-refractivity contribution in [3.05, 3.63) is 24.0 Å². The standard InChI is InChI=1S/C11H16N2O2/c1-8(2)6-13-11(14)10-5-4-9(15-3)7-12-10/h4-5,7-8H,6H2,1-3H3,(H,13,14). The van der Waals surface area contributed by atoms with Crippen LogP contribution in [0.1, 0.15) is 24.3 Å². The molecule has 0 atom stereocenters. The van der Waals surface area contributed by atoms with E-state index < -0.39 is 0 Å². The molecule has 82 valence electrons. The Bertz CT molecular complexity index is 320. The molecule has 0 fully saturated rings. The molecule has 4 nitrogen and oxygen atoms in total. The molecule has 1 aromatic heterocycles. The van der Waals surface area contributed by atoms with Gasteiger partial charge in [-0.25, -0.2) is 4.98 Å². The first-order valence-electron chi connectivity index (χ1n) is 4.91. The van der Waals surface area contributed by atoms with Crippen molar-refractivity contribution in [3.8, 4) is 5.75 Å². The number of hydrogen-bond acceptors (Lipinski definition) is 3. The lowest BCUT2D eigenvalue weighted by molar-refractivity contribution is 0.0944. The fraction of sp³-hybridized carbons (Fsp3) is 0.455. The Hall–Kier alpha value is -1.58. The number of hydrogen-bond donors (Lipinski definition) is 1. The fourth-order valence-electron chi connectivity index (χ4n) is 1.02. The summed E-state index contributed by atoms with van der Waals surface area (Å²) < 4.78 is 4.95. The molecule has 1 N–H and O–H groups in total. The van der Waals surface area contributed by atoms with E-state index in [2.05, 4.69) is 10.3 Å². The van der Waals surface area contributed by atoms with Crippen LogP contribution in [-0.4, -0.2) is 24.5 Å². The Morgan fingerprint density at radius 1 is 1.53 bits per heavy atom. The van der Waals surface area contributed by atoms with Crippen molar-refractivity contribution >= 4 is 5.91 Å². The van der Waals surface area contributed by atoms with Gasteiger partial charge in [0.05, 0.1) is 13.3 Å². The highest BCUT2D eigenvalue weighted by molar-refractivity contribution is 5.92. The van der Waals surface area contributed by atoms with Crippen LogP contribution in [-0.2, 0) is 0 Å². The van der Waals surface area contributed by atoms with Gasteiger partial charge in [-0.1, -0.05) is 13.8 Å². The predicted molar refractivity (Wildman–Crippen MR) is 58.0 cm³/mol. The molecule has 0 aliphatic rings. The average Bonchev–Trinajstić information content (AvgIpc) is 2.26. The van der Waals surface area contributed by atoms with Crippen LogP contribution in [0.5, 0.6) is 5.75 Å². The summed E-state index contributed by atoms with van der Waals surface area (Å²) in [5.41, 5.74) is 0.413. The first-order chi connectivity index (χ1) is 7.13. The van der Waals surface area contributed by atoms with Crippen molar-refractivity contribution in [1.29, 1.82) is 0 Å². The van der Waals surface area contributed by atoms with Crippen LogP contribution in [0.2, 0.25) is 0 Å². The highest BCUT2D eigenvalue weighted by atomic mass is 16.5. The van der Waals surface area contributed by atoms with Crippen LogP contribution in [0, 0.1) is 5.92 Å². The van der Waals surface area contributed by atoms with Gasteiger partial charge in [-0.2, -0.15) is 0 Å². The smallest absolute Gasteiger partial charge is 0.269 e. The van der Waals surface area contributed by atoms with E-state index in [0.717, 1.165) is 0 Å². The van der Waals surface area contributed by atoms with E-state index in [1.165, 1.54) is 6.20 Å². The van der Waals surface area contributed by atoms with E-state index in [1.54, 1.807) is 19.2 Å². The fourth-order valence-corrected chi connectivity index (χ4v) is 1.02. The number of nitrogens with one attached hydrogen (secondary N) is 1. The van der Waals surface area contributed by atoms with Gasteiger partial charge in [-0.3, -0.25) is 4.79 Å². The van der Waals surface area contributed by atoms with Gasteiger partial charge in [0.25, 0.3) is 5.91 Å². The molecule has 0 aliphatic heterocycles. The number of aromatic nitrogens is 1. The van der Waals surface area contributed by atoms with E-state index in [-0.39, 0.29) is 5.91 Å². The van der Waals surface area contributed by atoms with Gasteiger partial charge in [0.15, 0.2) is 0 Å². The van der Waals surface area contributed by atoms with Crippen LogP contribution >= 0.6 is 0 Å². The minimum absolute atomic E-state index is 0.147. The highest BCUT2D eigenvalue weighted by Gasteiger charge is 2.06. The molecule has 1 aromatic rings. The number of carbonyl (C=O) groups is 1. The van der Waals surface area contributed by atoms with Crippen molar-refractivity contribution in [3.63, 3.8) is 0 Å². The Kier molecular flexibility index (Phi) is 4.09. The molecule has 0 radical (unpaired) electrons. The zero-order chi connectivity index (χ0) is 11.3. The number of carbonyl (C=O) groups excluding carboxylic acids is 1. The second-order valence-corrected chi connectivity index (χ2v) is 3.69. The molecule has 1 amide bonds. The highest BCUT2D eigenvalue weighted by Crippen LogP contribution is 2.07. The van der Waals surface area contributed by atoms with Crippen molar-refractivity contribution < 1.29 is 9.53 Å². The second kappa shape index (κ2) is 5.34. The molecule has 0 spiro atoms. The van der Waals surface area contributed by atoms with Crippen LogP contribution in [0.15, 0.2) is 18.3 Å². The van der Waals surface area contributed by atoms with Crippen LogP contribution < -0.4 is 10.1 Å². The van der Waals surface area contributed by atoms with Crippen LogP contribution in [0.3, 0.4) is 0 Å². The predicted octanol–water partition coefficient (Wildman–Crippen LogP) is 1.48. The number of nitrogens with zero attached hydrogens (tertiary/aromatic N) is 1. The lowest BCUT2D eigenvalue weighted by Crippen LogP contribution is -2.27. The number of pyridine rings is 1. The molecule has 0 aromatic carbocycles. The number of rotatable bonds is 4. The summed E-state index contributed by atoms with van der Waals surface area (Å²) >= 11 is 0. The molecule has 15 heavy (non-hydrogen) atoms. The number of methoxy groups -OCH3 is 1. The topological polar surface area (TPSA) is 51.2 Å². The maximum absolute atomic E-state index is 11.5. The molecule has 1 rings (SSSR count). The summed E-state index contributed by atoms with van der Waals surface area (Å²) in [4.78, 5) is 15.5. The summed E-state index contributed by atoms with van der Waals surface area (Å²) in [5, 5.41) is 2.79. The second-order valence-electron chi connectivity index (χ2n) is 3.69. The van der Waals surface area contributed by atoms with Gasteiger partial charge < -0.3 is 10.1 Å². The molecule has 0 unspecified atom stereocenters. The summed E-state index contributed by atoms with van der Waals surface area (Å²) in [5.74, 6) is 0.939. The van der Waals surface area contributed by atoms with E-state index in [0.29, 0.717) is 23.9 Å². The zero-order valence-electron chi connectivity index (χ0n) is 9.28. The molecule has 1 heterocycles. The minimum Gasteiger partial charge on any atom is -0.495 e. The molecular formula is C11H16N2O2. The minimum atomic E-state index is -0.147. The molecule has 0 bridgehead atoms. The van der Waals surface area contributed by atoms with E-state index in [1.807, 2.05) is 13.8 Å². The summed E-state index contributed by atoms with van der Waals surface area (Å²) in [7, 11) is 1.57. The van der Waals surface area contributed by atoms with Gasteiger partial charge in [0.1, 0.15) is 11.4 Å². The van der Waals surface area contributed by atoms with Crippen molar-refractivity contribution in [2.45, 2.75) is 13.8 Å². The summed E-state index contributed by atoms with van der Waals surface area (Å²) in [6.45, 7) is 4.75. The summed E-state index contributed by atoms with van der Waals surface area (Å²) in [6, 6.07) is 3.37. The van der Waals surface area contributed by atoms with Crippen molar-refractivity contribution in [1.82, 2.24) is 10.3 Å². The zero-order valence-corrected chi connectivity index (χ0v) is 9.28. The number of amides is 1. The van der Waals surface area contributed by atoms with Crippen molar-refractivity contribution in [2.75, 3.05) is 13.7 Å². The quantitative estimate of drug-likeness (QED) is 0.815. The SMILES string of the molecule is COc1ccc(C(=O)NCC(C)C)nc1. The first-order valence-corrected chi connectivity index (χ1v) is 4.91. The average molecular weight is 208 g/mol. The maximum Gasteiger partial charge on any atom is 0.269 e. The Morgan fingerprint density at radius 2 is 2.27 bits per heavy atom. The van der Waals surface area contributed by atoms with Crippen LogP contribution in [0.25, 0.3) is 0 Å². The Labute approximate surface area is 89.7 Å². The lowest BCUT2D eigenvalue weighted by Gasteiger charge is -2.07. The van der Waals surface area contributed by atoms with Gasteiger partial charge in [0, 0.05) is 6.54 Å². The molecular weight excluding hydrogens is 192 g/mol. The maximum atomic E-state index is 11.5. The molecule has 0 aliphatic carbocycles. The normalized spacial score (nSPS) is 10.1. The molecule has 4 heteroatoms. The summed E-state index contributed by atoms with van der Waals surface area (Å²) in [6.07, 6.45) is 1.53. The lowest BCUT2D eigenvalue weighted by atomic mass is 10.2. The first kappa shape index (κ1) is 11.5. The third kappa shape index (κ3) is 3.58.